The van der Waals surface area contributed by atoms with Crippen molar-refractivity contribution in [3.8, 4) is 0 Å². The summed E-state index contributed by atoms with van der Waals surface area (Å²) in [7, 11) is 2.98. The average molecular weight is 248 g/mol. The molecule has 0 saturated carbocycles. The van der Waals surface area contributed by atoms with E-state index in [1.807, 2.05) is 0 Å². The van der Waals surface area contributed by atoms with Gasteiger partial charge in [0.15, 0.2) is 0 Å². The lowest BCUT2D eigenvalue weighted by atomic mass is 10.4. The molecule has 0 unspecified atom stereocenters. The molecule has 7 heteroatoms. The van der Waals surface area contributed by atoms with E-state index >= 15 is 0 Å². The molecule has 0 aliphatic heterocycles. The molecule has 0 saturated heterocycles. The zero-order valence-electron chi connectivity index (χ0n) is 9.02. The van der Waals surface area contributed by atoms with E-state index in [1.165, 1.54) is 13.2 Å². The van der Waals surface area contributed by atoms with E-state index in [-0.39, 0.29) is 24.9 Å². The van der Waals surface area contributed by atoms with Crippen molar-refractivity contribution in [2.24, 2.45) is 12.8 Å². The quantitative estimate of drug-likeness (QED) is 0.744. The van der Waals surface area contributed by atoms with Crippen LogP contribution in [0.2, 0.25) is 0 Å². The van der Waals surface area contributed by atoms with Gasteiger partial charge in [0, 0.05) is 13.2 Å². The van der Waals surface area contributed by atoms with Gasteiger partial charge in [-0.25, -0.2) is 4.79 Å². The van der Waals surface area contributed by atoms with Crippen LogP contribution in [0.1, 0.15) is 10.5 Å². The van der Waals surface area contributed by atoms with E-state index in [4.69, 9.17) is 5.73 Å². The minimum absolute atomic E-state index is 0. The molecule has 0 aliphatic carbocycles. The number of carbonyl (C=O) groups excluding carboxylic acids is 2. The van der Waals surface area contributed by atoms with Crippen molar-refractivity contribution in [2.75, 3.05) is 19.0 Å². The second-order valence-corrected chi connectivity index (χ2v) is 2.97. The van der Waals surface area contributed by atoms with E-state index in [2.05, 4.69) is 10.1 Å². The number of methoxy groups -OCH3 is 1. The number of amides is 1. The van der Waals surface area contributed by atoms with Gasteiger partial charge in [-0.05, 0) is 6.07 Å². The maximum Gasteiger partial charge on any atom is 0.354 e. The van der Waals surface area contributed by atoms with Gasteiger partial charge in [-0.2, -0.15) is 0 Å². The molecule has 6 nitrogen and oxygen atoms in total. The van der Waals surface area contributed by atoms with Crippen LogP contribution >= 0.6 is 12.4 Å². The second kappa shape index (κ2) is 6.14. The van der Waals surface area contributed by atoms with Crippen LogP contribution in [0, 0.1) is 0 Å². The molecule has 0 aromatic carbocycles. The highest BCUT2D eigenvalue weighted by molar-refractivity contribution is 5.94. The van der Waals surface area contributed by atoms with Crippen molar-refractivity contribution in [1.29, 1.82) is 0 Å². The number of hydrogen-bond donors (Lipinski definition) is 2. The summed E-state index contributed by atoms with van der Waals surface area (Å²) < 4.78 is 6.13. The zero-order chi connectivity index (χ0) is 11.4. The number of nitrogens with two attached hydrogens (primary N) is 1. The monoisotopic (exact) mass is 247 g/mol. The Morgan fingerprint density at radius 3 is 2.69 bits per heavy atom. The number of anilines is 1. The lowest BCUT2D eigenvalue weighted by Gasteiger charge is -1.98. The molecule has 1 heterocycles. The molecule has 1 aromatic rings. The largest absolute Gasteiger partial charge is 0.464 e. The Morgan fingerprint density at radius 2 is 2.19 bits per heavy atom. The van der Waals surface area contributed by atoms with Crippen molar-refractivity contribution >= 4 is 30.0 Å². The molecule has 1 aromatic heterocycles. The van der Waals surface area contributed by atoms with Gasteiger partial charge < -0.3 is 20.4 Å². The van der Waals surface area contributed by atoms with Crippen molar-refractivity contribution in [2.45, 2.75) is 0 Å². The molecule has 90 valence electrons. The van der Waals surface area contributed by atoms with Gasteiger partial charge in [-0.1, -0.05) is 0 Å². The SMILES string of the molecule is COC(=O)c1cc(NC(=O)CN)cn1C.Cl. The van der Waals surface area contributed by atoms with E-state index in [1.54, 1.807) is 17.8 Å². The van der Waals surface area contributed by atoms with Crippen LogP contribution in [0.4, 0.5) is 5.69 Å². The van der Waals surface area contributed by atoms with Crippen LogP contribution in [0.3, 0.4) is 0 Å². The van der Waals surface area contributed by atoms with Gasteiger partial charge in [-0.15, -0.1) is 12.4 Å². The Balaban J connectivity index is 0.00000225. The first-order chi connectivity index (χ1) is 7.08. The summed E-state index contributed by atoms with van der Waals surface area (Å²) in [6, 6.07) is 1.53. The van der Waals surface area contributed by atoms with Crippen LogP contribution in [0.25, 0.3) is 0 Å². The molecule has 1 amide bonds. The molecule has 0 bridgehead atoms. The molecule has 0 fully saturated rings. The average Bonchev–Trinajstić information content (AvgIpc) is 2.58. The molecule has 1 rings (SSSR count). The number of nitrogens with zero attached hydrogens (tertiary/aromatic N) is 1. The molecule has 0 aliphatic rings. The number of esters is 1. The number of carbonyl (C=O) groups is 2. The van der Waals surface area contributed by atoms with Crippen LogP contribution in [0.15, 0.2) is 12.3 Å². The summed E-state index contributed by atoms with van der Waals surface area (Å²) in [6.07, 6.45) is 1.61. The van der Waals surface area contributed by atoms with E-state index in [0.29, 0.717) is 11.4 Å². The van der Waals surface area contributed by atoms with Crippen LogP contribution in [-0.2, 0) is 16.6 Å². The number of nitrogens with one attached hydrogen (secondary N) is 1. The Bertz CT molecular complexity index is 389. The van der Waals surface area contributed by atoms with Gasteiger partial charge in [-0.3, -0.25) is 4.79 Å². The Labute approximate surface area is 99.2 Å². The van der Waals surface area contributed by atoms with Crippen molar-refractivity contribution in [3.63, 3.8) is 0 Å². The summed E-state index contributed by atoms with van der Waals surface area (Å²) in [5.41, 5.74) is 6.03. The maximum atomic E-state index is 11.2. The third-order valence-electron chi connectivity index (χ3n) is 1.87. The van der Waals surface area contributed by atoms with Crippen molar-refractivity contribution in [3.05, 3.63) is 18.0 Å². The van der Waals surface area contributed by atoms with Gasteiger partial charge in [0.1, 0.15) is 5.69 Å². The van der Waals surface area contributed by atoms with E-state index < -0.39 is 5.97 Å². The van der Waals surface area contributed by atoms with Crippen LogP contribution < -0.4 is 11.1 Å². The lowest BCUT2D eigenvalue weighted by Crippen LogP contribution is -2.21. The standard InChI is InChI=1S/C9H13N3O3.ClH/c1-12-5-6(11-8(13)4-10)3-7(12)9(14)15-2;/h3,5H,4,10H2,1-2H3,(H,11,13);1H. The van der Waals surface area contributed by atoms with Crippen LogP contribution in [-0.4, -0.2) is 30.1 Å². The first-order valence-electron chi connectivity index (χ1n) is 4.33. The first kappa shape index (κ1) is 14.5. The fourth-order valence-corrected chi connectivity index (χ4v) is 1.15. The predicted octanol–water partition coefficient (Wildman–Crippen LogP) is 0.131. The smallest absolute Gasteiger partial charge is 0.354 e. The number of aryl methyl sites for hydroxylation is 1. The summed E-state index contributed by atoms with van der Waals surface area (Å²) in [5, 5.41) is 2.54. The second-order valence-electron chi connectivity index (χ2n) is 2.97. The third kappa shape index (κ3) is 3.25. The number of rotatable bonds is 3. The van der Waals surface area contributed by atoms with E-state index in [0.717, 1.165) is 0 Å². The number of hydrogen-bond acceptors (Lipinski definition) is 4. The zero-order valence-corrected chi connectivity index (χ0v) is 9.84. The molecule has 3 N–H and O–H groups in total. The van der Waals surface area contributed by atoms with Gasteiger partial charge >= 0.3 is 5.97 Å². The molecule has 0 radical (unpaired) electrons. The van der Waals surface area contributed by atoms with Gasteiger partial charge in [0.25, 0.3) is 0 Å². The summed E-state index contributed by atoms with van der Waals surface area (Å²) in [4.78, 5) is 22.2. The summed E-state index contributed by atoms with van der Waals surface area (Å²) in [6.45, 7) is -0.0948. The molecule has 16 heavy (non-hydrogen) atoms. The number of aromatic nitrogens is 1. The highest BCUT2D eigenvalue weighted by Gasteiger charge is 2.12. The molecule has 0 spiro atoms. The van der Waals surface area contributed by atoms with Gasteiger partial charge in [0.2, 0.25) is 5.91 Å². The predicted molar refractivity (Wildman–Crippen MR) is 61.7 cm³/mol. The Morgan fingerprint density at radius 1 is 1.56 bits per heavy atom. The van der Waals surface area contributed by atoms with Crippen molar-refractivity contribution in [1.82, 2.24) is 4.57 Å². The summed E-state index contributed by atoms with van der Waals surface area (Å²) in [5.74, 6) is -0.761. The first-order valence-corrected chi connectivity index (χ1v) is 4.33. The highest BCUT2D eigenvalue weighted by Crippen LogP contribution is 2.13. The fourth-order valence-electron chi connectivity index (χ4n) is 1.15. The highest BCUT2D eigenvalue weighted by atomic mass is 35.5. The Hall–Kier alpha value is -1.53. The minimum Gasteiger partial charge on any atom is -0.464 e. The normalized spacial score (nSPS) is 9.19. The topological polar surface area (TPSA) is 86.3 Å². The number of halogens is 1. The number of ether oxygens (including phenoxy) is 1. The Kier molecular flexibility index (Phi) is 5.55. The molecular weight excluding hydrogens is 234 g/mol. The maximum absolute atomic E-state index is 11.2. The lowest BCUT2D eigenvalue weighted by molar-refractivity contribution is -0.114. The van der Waals surface area contributed by atoms with E-state index in [9.17, 15) is 9.59 Å². The molecule has 0 atom stereocenters. The van der Waals surface area contributed by atoms with Crippen molar-refractivity contribution < 1.29 is 14.3 Å². The van der Waals surface area contributed by atoms with Crippen LogP contribution in [0.5, 0.6) is 0 Å². The van der Waals surface area contributed by atoms with Gasteiger partial charge in [0.05, 0.1) is 19.3 Å². The molecular formula is C9H14ClN3O3. The third-order valence-corrected chi connectivity index (χ3v) is 1.87. The minimum atomic E-state index is -0.453. The fraction of sp³-hybridized carbons (Fsp3) is 0.333. The summed E-state index contributed by atoms with van der Waals surface area (Å²) >= 11 is 0.